The Bertz CT molecular complexity index is 506. The molecule has 1 aromatic rings. The maximum Gasteiger partial charge on any atom is 0.264 e. The van der Waals surface area contributed by atoms with E-state index in [1.165, 1.54) is 24.2 Å². The molecule has 0 atom stereocenters. The molecule has 0 bridgehead atoms. The predicted molar refractivity (Wildman–Crippen MR) is 79.1 cm³/mol. The fourth-order valence-corrected chi connectivity index (χ4v) is 2.74. The summed E-state index contributed by atoms with van der Waals surface area (Å²) in [7, 11) is 0. The summed E-state index contributed by atoms with van der Waals surface area (Å²) in [5.74, 6) is 6.63. The average molecular weight is 276 g/mol. The van der Waals surface area contributed by atoms with Crippen LogP contribution < -0.4 is 5.73 Å². The maximum absolute atomic E-state index is 12.5. The predicted octanol–water partition coefficient (Wildman–Crippen LogP) is 2.32. The van der Waals surface area contributed by atoms with Crippen LogP contribution in [-0.4, -0.2) is 29.9 Å². The fraction of sp³-hybridized carbons (Fsp3) is 0.533. The topological polar surface area (TPSA) is 46.3 Å². The van der Waals surface area contributed by atoms with Gasteiger partial charge in [-0.25, -0.2) is 0 Å². The van der Waals surface area contributed by atoms with Crippen molar-refractivity contribution in [2.24, 2.45) is 11.7 Å². The molecule has 0 unspecified atom stereocenters. The Morgan fingerprint density at radius 2 is 2.26 bits per heavy atom. The van der Waals surface area contributed by atoms with Crippen molar-refractivity contribution in [3.8, 4) is 11.8 Å². The highest BCUT2D eigenvalue weighted by molar-refractivity contribution is 7.14. The molecule has 0 spiro atoms. The Hall–Kier alpha value is -1.31. The van der Waals surface area contributed by atoms with Crippen molar-refractivity contribution in [3.05, 3.63) is 21.9 Å². The first-order chi connectivity index (χ1) is 9.11. The van der Waals surface area contributed by atoms with Gasteiger partial charge in [-0.15, -0.1) is 11.3 Å². The summed E-state index contributed by atoms with van der Waals surface area (Å²) in [5.41, 5.74) is 5.35. The second-order valence-corrected chi connectivity index (χ2v) is 6.25. The molecule has 0 saturated heterocycles. The highest BCUT2D eigenvalue weighted by Crippen LogP contribution is 2.31. The van der Waals surface area contributed by atoms with Crippen molar-refractivity contribution in [2.75, 3.05) is 13.1 Å². The van der Waals surface area contributed by atoms with Gasteiger partial charge in [0.05, 0.1) is 16.3 Å². The Morgan fingerprint density at radius 1 is 1.53 bits per heavy atom. The van der Waals surface area contributed by atoms with Crippen molar-refractivity contribution < 1.29 is 4.79 Å². The number of nitrogens with two attached hydrogens (primary N) is 1. The molecule has 2 rings (SSSR count). The summed E-state index contributed by atoms with van der Waals surface area (Å²) in [6, 6.07) is 4.01. The molecule has 19 heavy (non-hydrogen) atoms. The van der Waals surface area contributed by atoms with Gasteiger partial charge < -0.3 is 10.6 Å². The van der Waals surface area contributed by atoms with Crippen LogP contribution in [0.2, 0.25) is 0 Å². The zero-order valence-corrected chi connectivity index (χ0v) is 12.3. The van der Waals surface area contributed by atoms with Gasteiger partial charge in [0.15, 0.2) is 0 Å². The van der Waals surface area contributed by atoms with Crippen molar-refractivity contribution in [1.82, 2.24) is 4.90 Å². The first kappa shape index (κ1) is 14.1. The van der Waals surface area contributed by atoms with Gasteiger partial charge >= 0.3 is 0 Å². The lowest BCUT2D eigenvalue weighted by Crippen LogP contribution is -2.38. The van der Waals surface area contributed by atoms with Crippen LogP contribution in [0.5, 0.6) is 0 Å². The highest BCUT2D eigenvalue weighted by atomic mass is 32.1. The number of carbonyl (C=O) groups is 1. The molecule has 1 saturated carbocycles. The molecule has 0 aromatic carbocycles. The number of nitrogens with zero attached hydrogens (tertiary/aromatic N) is 1. The molecular formula is C15H20N2OS. The Labute approximate surface area is 118 Å². The summed E-state index contributed by atoms with van der Waals surface area (Å²) < 4.78 is 0. The van der Waals surface area contributed by atoms with Crippen LogP contribution in [0.15, 0.2) is 12.1 Å². The molecular weight excluding hydrogens is 256 g/mol. The van der Waals surface area contributed by atoms with Crippen molar-refractivity contribution in [1.29, 1.82) is 0 Å². The highest BCUT2D eigenvalue weighted by Gasteiger charge is 2.29. The number of rotatable bonds is 4. The van der Waals surface area contributed by atoms with Crippen LogP contribution in [-0.2, 0) is 0 Å². The maximum atomic E-state index is 12.5. The summed E-state index contributed by atoms with van der Waals surface area (Å²) in [6.07, 6.45) is 2.52. The number of thiophene rings is 1. The molecule has 2 N–H and O–H groups in total. The molecule has 1 aromatic heterocycles. The zero-order chi connectivity index (χ0) is 13.8. The minimum Gasteiger partial charge on any atom is -0.335 e. The summed E-state index contributed by atoms with van der Waals surface area (Å²) in [4.78, 5) is 16.2. The Morgan fingerprint density at radius 3 is 2.84 bits per heavy atom. The van der Waals surface area contributed by atoms with E-state index in [2.05, 4.69) is 25.7 Å². The second kappa shape index (κ2) is 6.23. The average Bonchev–Trinajstić information content (AvgIpc) is 3.08. The second-order valence-electron chi connectivity index (χ2n) is 5.16. The van der Waals surface area contributed by atoms with Crippen LogP contribution in [0.3, 0.4) is 0 Å². The lowest BCUT2D eigenvalue weighted by atomic mass is 10.2. The molecule has 3 nitrogen and oxygen atoms in total. The standard InChI is InChI=1S/C15H20N2OS/c1-11(2)17(10-12-5-6-12)15(18)14-8-7-13(19-14)4-3-9-16/h7-8,11-12H,5-6,9-10,16H2,1-2H3. The molecule has 0 aliphatic heterocycles. The molecule has 4 heteroatoms. The van der Waals surface area contributed by atoms with E-state index in [4.69, 9.17) is 5.73 Å². The normalized spacial score (nSPS) is 14.1. The fourth-order valence-electron chi connectivity index (χ4n) is 1.91. The number of amides is 1. The number of hydrogen-bond acceptors (Lipinski definition) is 3. The third-order valence-corrected chi connectivity index (χ3v) is 4.16. The van der Waals surface area contributed by atoms with Crippen LogP contribution >= 0.6 is 11.3 Å². The zero-order valence-electron chi connectivity index (χ0n) is 11.5. The van der Waals surface area contributed by atoms with E-state index in [1.807, 2.05) is 17.0 Å². The van der Waals surface area contributed by atoms with Gasteiger partial charge in [0.1, 0.15) is 0 Å². The van der Waals surface area contributed by atoms with E-state index in [0.717, 1.165) is 16.3 Å². The van der Waals surface area contributed by atoms with Gasteiger partial charge in [0.2, 0.25) is 0 Å². The summed E-state index contributed by atoms with van der Waals surface area (Å²) >= 11 is 1.45. The smallest absolute Gasteiger partial charge is 0.264 e. The largest absolute Gasteiger partial charge is 0.335 e. The SMILES string of the molecule is CC(C)N(CC1CC1)C(=O)c1ccc(C#CCN)s1. The lowest BCUT2D eigenvalue weighted by Gasteiger charge is -2.26. The molecule has 0 radical (unpaired) electrons. The van der Waals surface area contributed by atoms with Crippen molar-refractivity contribution in [3.63, 3.8) is 0 Å². The summed E-state index contributed by atoms with van der Waals surface area (Å²) in [5, 5.41) is 0. The third kappa shape index (κ3) is 3.82. The van der Waals surface area contributed by atoms with Gasteiger partial charge in [-0.05, 0) is 44.7 Å². The van der Waals surface area contributed by atoms with Gasteiger partial charge in [-0.3, -0.25) is 4.79 Å². The van der Waals surface area contributed by atoms with Gasteiger partial charge in [0.25, 0.3) is 5.91 Å². The molecule has 1 aliphatic carbocycles. The Balaban J connectivity index is 2.09. The molecule has 1 aliphatic rings. The first-order valence-electron chi connectivity index (χ1n) is 6.71. The van der Waals surface area contributed by atoms with Crippen molar-refractivity contribution in [2.45, 2.75) is 32.7 Å². The van der Waals surface area contributed by atoms with Gasteiger partial charge in [-0.1, -0.05) is 11.8 Å². The molecule has 1 amide bonds. The molecule has 102 valence electrons. The van der Waals surface area contributed by atoms with Crippen LogP contribution in [0.4, 0.5) is 0 Å². The van der Waals surface area contributed by atoms with E-state index in [9.17, 15) is 4.79 Å². The van der Waals surface area contributed by atoms with E-state index >= 15 is 0 Å². The van der Waals surface area contributed by atoms with Crippen LogP contribution in [0.25, 0.3) is 0 Å². The van der Waals surface area contributed by atoms with Gasteiger partial charge in [0, 0.05) is 12.6 Å². The quantitative estimate of drug-likeness (QED) is 0.858. The van der Waals surface area contributed by atoms with Gasteiger partial charge in [-0.2, -0.15) is 0 Å². The Kier molecular flexibility index (Phi) is 4.62. The summed E-state index contributed by atoms with van der Waals surface area (Å²) in [6.45, 7) is 5.38. The van der Waals surface area contributed by atoms with Crippen molar-refractivity contribution >= 4 is 17.2 Å². The van der Waals surface area contributed by atoms with E-state index in [-0.39, 0.29) is 11.9 Å². The molecule has 1 fully saturated rings. The lowest BCUT2D eigenvalue weighted by molar-refractivity contribution is 0.0701. The van der Waals surface area contributed by atoms with E-state index in [0.29, 0.717) is 12.5 Å². The minimum absolute atomic E-state index is 0.132. The number of hydrogen-bond donors (Lipinski definition) is 1. The monoisotopic (exact) mass is 276 g/mol. The number of carbonyl (C=O) groups excluding carboxylic acids is 1. The van der Waals surface area contributed by atoms with Crippen LogP contribution in [0, 0.1) is 17.8 Å². The van der Waals surface area contributed by atoms with E-state index < -0.39 is 0 Å². The van der Waals surface area contributed by atoms with Crippen LogP contribution in [0.1, 0.15) is 41.2 Å². The van der Waals surface area contributed by atoms with E-state index in [1.54, 1.807) is 0 Å². The third-order valence-electron chi connectivity index (χ3n) is 3.17. The first-order valence-corrected chi connectivity index (χ1v) is 7.53. The minimum atomic E-state index is 0.132. The molecule has 1 heterocycles.